The monoisotopic (exact) mass is 379 g/mol. The lowest BCUT2D eigenvalue weighted by atomic mass is 10.1. The smallest absolute Gasteiger partial charge is 0.276 e. The van der Waals surface area contributed by atoms with Gasteiger partial charge in [0.2, 0.25) is 0 Å². The van der Waals surface area contributed by atoms with Gasteiger partial charge in [-0.05, 0) is 30.2 Å². The molecule has 1 N–H and O–H groups in total. The molecule has 0 spiro atoms. The topological polar surface area (TPSA) is 73.2 Å². The van der Waals surface area contributed by atoms with Crippen LogP contribution in [0, 0.1) is 0 Å². The number of unbranched alkanes of at least 4 members (excludes halogenated alkanes) is 2. The van der Waals surface area contributed by atoms with Gasteiger partial charge in [0, 0.05) is 24.7 Å². The van der Waals surface area contributed by atoms with Crippen molar-refractivity contribution < 1.29 is 9.53 Å². The average Bonchev–Trinajstić information content (AvgIpc) is 2.70. The Morgan fingerprint density at radius 3 is 2.64 bits per heavy atom. The van der Waals surface area contributed by atoms with E-state index in [0.717, 1.165) is 24.8 Å². The number of hydrogen-bond donors (Lipinski definition) is 1. The standard InChI is InChI=1S/C22H25N3O3/c1-3-4-7-13-25-22(27)19-12-6-5-11-18(19)20(24-25)21(26)23-17-10-8-9-16(14-17)15-28-2/h5-6,8-12,14H,3-4,7,13,15H2,1-2H3,(H,23,26). The number of nitrogens with zero attached hydrogens (tertiary/aromatic N) is 2. The van der Waals surface area contributed by atoms with Crippen LogP contribution in [0.3, 0.4) is 0 Å². The zero-order valence-electron chi connectivity index (χ0n) is 16.3. The quantitative estimate of drug-likeness (QED) is 0.601. The molecule has 146 valence electrons. The summed E-state index contributed by atoms with van der Waals surface area (Å²) in [6, 6.07) is 14.6. The fraction of sp³-hybridized carbons (Fsp3) is 0.318. The third-order valence-electron chi connectivity index (χ3n) is 4.55. The number of methoxy groups -OCH3 is 1. The van der Waals surface area contributed by atoms with E-state index in [-0.39, 0.29) is 17.2 Å². The first kappa shape index (κ1) is 19.8. The Labute approximate surface area is 164 Å². The van der Waals surface area contributed by atoms with Crippen molar-refractivity contribution in [1.29, 1.82) is 0 Å². The number of fused-ring (bicyclic) bond motifs is 1. The fourth-order valence-electron chi connectivity index (χ4n) is 3.16. The van der Waals surface area contributed by atoms with Gasteiger partial charge in [-0.15, -0.1) is 0 Å². The van der Waals surface area contributed by atoms with Crippen LogP contribution >= 0.6 is 0 Å². The molecular formula is C22H25N3O3. The number of rotatable bonds is 8. The number of ether oxygens (including phenoxy) is 1. The highest BCUT2D eigenvalue weighted by atomic mass is 16.5. The van der Waals surface area contributed by atoms with E-state index in [0.29, 0.717) is 29.6 Å². The molecule has 6 heteroatoms. The molecule has 0 saturated carbocycles. The number of carbonyl (C=O) groups excluding carboxylic acids is 1. The summed E-state index contributed by atoms with van der Waals surface area (Å²) in [4.78, 5) is 25.7. The van der Waals surface area contributed by atoms with Crippen molar-refractivity contribution in [3.8, 4) is 0 Å². The minimum Gasteiger partial charge on any atom is -0.380 e. The van der Waals surface area contributed by atoms with E-state index in [1.807, 2.05) is 24.3 Å². The molecule has 0 unspecified atom stereocenters. The van der Waals surface area contributed by atoms with Crippen LogP contribution < -0.4 is 10.9 Å². The zero-order chi connectivity index (χ0) is 19.9. The van der Waals surface area contributed by atoms with Crippen LogP contribution in [0.2, 0.25) is 0 Å². The molecule has 0 bridgehead atoms. The first-order valence-electron chi connectivity index (χ1n) is 9.53. The molecule has 1 amide bonds. The number of benzene rings is 2. The summed E-state index contributed by atoms with van der Waals surface area (Å²) in [6.07, 6.45) is 2.91. The summed E-state index contributed by atoms with van der Waals surface area (Å²) in [5, 5.41) is 8.35. The first-order valence-corrected chi connectivity index (χ1v) is 9.53. The number of carbonyl (C=O) groups is 1. The molecule has 3 aromatic rings. The number of nitrogens with one attached hydrogen (secondary N) is 1. The van der Waals surface area contributed by atoms with Crippen LogP contribution in [-0.2, 0) is 17.9 Å². The minimum absolute atomic E-state index is 0.162. The maximum absolute atomic E-state index is 13.0. The molecule has 1 heterocycles. The molecular weight excluding hydrogens is 354 g/mol. The number of anilines is 1. The van der Waals surface area contributed by atoms with Gasteiger partial charge < -0.3 is 10.1 Å². The van der Waals surface area contributed by atoms with Crippen molar-refractivity contribution >= 4 is 22.4 Å². The molecule has 0 atom stereocenters. The summed E-state index contributed by atoms with van der Waals surface area (Å²) in [7, 11) is 1.63. The van der Waals surface area contributed by atoms with Gasteiger partial charge >= 0.3 is 0 Å². The Hall–Kier alpha value is -2.99. The van der Waals surface area contributed by atoms with Gasteiger partial charge in [-0.25, -0.2) is 4.68 Å². The highest BCUT2D eigenvalue weighted by Crippen LogP contribution is 2.17. The zero-order valence-corrected chi connectivity index (χ0v) is 16.3. The van der Waals surface area contributed by atoms with E-state index in [1.54, 1.807) is 31.4 Å². The molecule has 0 aliphatic rings. The summed E-state index contributed by atoms with van der Waals surface area (Å²) < 4.78 is 6.55. The van der Waals surface area contributed by atoms with Gasteiger partial charge in [0.25, 0.3) is 11.5 Å². The van der Waals surface area contributed by atoms with Crippen molar-refractivity contribution in [2.24, 2.45) is 0 Å². The number of amides is 1. The van der Waals surface area contributed by atoms with Gasteiger partial charge in [0.1, 0.15) is 0 Å². The summed E-state index contributed by atoms with van der Waals surface area (Å²) >= 11 is 0. The molecule has 28 heavy (non-hydrogen) atoms. The molecule has 3 rings (SSSR count). The molecule has 0 radical (unpaired) electrons. The molecule has 1 aromatic heterocycles. The predicted molar refractivity (Wildman–Crippen MR) is 111 cm³/mol. The number of aryl methyl sites for hydroxylation is 1. The molecule has 6 nitrogen and oxygen atoms in total. The van der Waals surface area contributed by atoms with Crippen LogP contribution in [0.15, 0.2) is 53.3 Å². The van der Waals surface area contributed by atoms with E-state index in [4.69, 9.17) is 4.74 Å². The second kappa shape index (κ2) is 9.28. The van der Waals surface area contributed by atoms with Crippen LogP contribution in [0.5, 0.6) is 0 Å². The molecule has 2 aromatic carbocycles. The molecule has 0 aliphatic heterocycles. The van der Waals surface area contributed by atoms with E-state index >= 15 is 0 Å². The number of hydrogen-bond acceptors (Lipinski definition) is 4. The third kappa shape index (κ3) is 4.46. The summed E-state index contributed by atoms with van der Waals surface area (Å²) in [5.74, 6) is -0.338. The van der Waals surface area contributed by atoms with Crippen molar-refractivity contribution in [1.82, 2.24) is 9.78 Å². The lowest BCUT2D eigenvalue weighted by Crippen LogP contribution is -2.27. The van der Waals surface area contributed by atoms with Gasteiger partial charge in [0.15, 0.2) is 5.69 Å². The van der Waals surface area contributed by atoms with Gasteiger partial charge in [-0.1, -0.05) is 50.1 Å². The van der Waals surface area contributed by atoms with E-state index in [2.05, 4.69) is 17.3 Å². The largest absolute Gasteiger partial charge is 0.380 e. The lowest BCUT2D eigenvalue weighted by molar-refractivity contribution is 0.102. The van der Waals surface area contributed by atoms with Crippen LogP contribution in [0.25, 0.3) is 10.8 Å². The van der Waals surface area contributed by atoms with E-state index in [1.165, 1.54) is 4.68 Å². The van der Waals surface area contributed by atoms with Crippen molar-refractivity contribution in [3.05, 3.63) is 70.1 Å². The predicted octanol–water partition coefficient (Wildman–Crippen LogP) is 3.99. The second-order valence-electron chi connectivity index (χ2n) is 6.72. The van der Waals surface area contributed by atoms with Crippen LogP contribution in [-0.4, -0.2) is 22.8 Å². The normalized spacial score (nSPS) is 10.9. The maximum atomic E-state index is 13.0. The van der Waals surface area contributed by atoms with Crippen LogP contribution in [0.4, 0.5) is 5.69 Å². The highest BCUT2D eigenvalue weighted by Gasteiger charge is 2.17. The highest BCUT2D eigenvalue weighted by molar-refractivity contribution is 6.11. The lowest BCUT2D eigenvalue weighted by Gasteiger charge is -2.12. The van der Waals surface area contributed by atoms with Crippen molar-refractivity contribution in [2.45, 2.75) is 39.3 Å². The Bertz CT molecular complexity index is 1030. The van der Waals surface area contributed by atoms with Gasteiger partial charge in [0.05, 0.1) is 12.0 Å². The van der Waals surface area contributed by atoms with E-state index in [9.17, 15) is 9.59 Å². The van der Waals surface area contributed by atoms with Gasteiger partial charge in [-0.2, -0.15) is 5.10 Å². The third-order valence-corrected chi connectivity index (χ3v) is 4.55. The Morgan fingerprint density at radius 1 is 1.11 bits per heavy atom. The Morgan fingerprint density at radius 2 is 1.89 bits per heavy atom. The maximum Gasteiger partial charge on any atom is 0.276 e. The second-order valence-corrected chi connectivity index (χ2v) is 6.72. The average molecular weight is 379 g/mol. The minimum atomic E-state index is -0.338. The van der Waals surface area contributed by atoms with Crippen molar-refractivity contribution in [2.75, 3.05) is 12.4 Å². The SMILES string of the molecule is CCCCCn1nc(C(=O)Nc2cccc(COC)c2)c2ccccc2c1=O. The fourth-order valence-corrected chi connectivity index (χ4v) is 3.16. The van der Waals surface area contributed by atoms with Crippen molar-refractivity contribution in [3.63, 3.8) is 0 Å². The molecule has 0 fully saturated rings. The molecule has 0 aliphatic carbocycles. The Kier molecular flexibility index (Phi) is 6.55. The molecule has 0 saturated heterocycles. The van der Waals surface area contributed by atoms with E-state index < -0.39 is 0 Å². The Balaban J connectivity index is 1.96. The summed E-state index contributed by atoms with van der Waals surface area (Å²) in [6.45, 7) is 3.07. The van der Waals surface area contributed by atoms with Gasteiger partial charge in [-0.3, -0.25) is 9.59 Å². The summed E-state index contributed by atoms with van der Waals surface area (Å²) in [5.41, 5.74) is 1.71. The number of aromatic nitrogens is 2. The first-order chi connectivity index (χ1) is 13.6. The van der Waals surface area contributed by atoms with Crippen LogP contribution in [0.1, 0.15) is 42.2 Å².